The first-order valence-corrected chi connectivity index (χ1v) is 6.75. The van der Waals surface area contributed by atoms with E-state index in [1.165, 1.54) is 4.57 Å². The van der Waals surface area contributed by atoms with Crippen LogP contribution in [0.3, 0.4) is 0 Å². The van der Waals surface area contributed by atoms with Crippen molar-refractivity contribution in [2.45, 2.75) is 26.9 Å². The number of ether oxygens (including phenoxy) is 1. The molecule has 0 bridgehead atoms. The zero-order chi connectivity index (χ0) is 14.2. The Balaban J connectivity index is 2.81. The topological polar surface area (TPSA) is 31.2 Å². The van der Waals surface area contributed by atoms with Crippen LogP contribution in [0.4, 0.5) is 0 Å². The average molecular weight is 280 g/mol. The molecule has 4 heteroatoms. The number of nitrogens with zero attached hydrogens (tertiary/aromatic N) is 1. The van der Waals surface area contributed by atoms with Crippen LogP contribution in [0.1, 0.15) is 31.1 Å². The molecular weight excluding hydrogens is 262 g/mol. The van der Waals surface area contributed by atoms with Crippen molar-refractivity contribution in [3.8, 4) is 0 Å². The Hall–Kier alpha value is -1.32. The molecule has 1 aromatic carbocycles. The Labute approximate surface area is 117 Å². The number of benzene rings is 1. The lowest BCUT2D eigenvalue weighted by molar-refractivity contribution is 0.0774. The van der Waals surface area contributed by atoms with Crippen LogP contribution in [0.15, 0.2) is 23.0 Å². The van der Waals surface area contributed by atoms with Crippen LogP contribution < -0.4 is 5.56 Å². The van der Waals surface area contributed by atoms with Gasteiger partial charge >= 0.3 is 0 Å². The van der Waals surface area contributed by atoms with E-state index in [2.05, 4.69) is 6.07 Å². The minimum atomic E-state index is -0.0730. The number of rotatable bonds is 3. The molecule has 2 aromatic rings. The monoisotopic (exact) mass is 279 g/mol. The van der Waals surface area contributed by atoms with E-state index in [-0.39, 0.29) is 11.7 Å². The summed E-state index contributed by atoms with van der Waals surface area (Å²) in [6.45, 7) is 6.56. The van der Waals surface area contributed by atoms with Gasteiger partial charge in [0.25, 0.3) is 5.56 Å². The number of aryl methyl sites for hydroxylation is 1. The van der Waals surface area contributed by atoms with Crippen LogP contribution in [0.5, 0.6) is 0 Å². The highest BCUT2D eigenvalue weighted by molar-refractivity contribution is 6.30. The van der Waals surface area contributed by atoms with Gasteiger partial charge in [0.2, 0.25) is 0 Å². The predicted octanol–water partition coefficient (Wildman–Crippen LogP) is 3.60. The van der Waals surface area contributed by atoms with Crippen LogP contribution in [0.25, 0.3) is 10.8 Å². The number of aromatic nitrogens is 1. The fourth-order valence-electron chi connectivity index (χ4n) is 2.33. The van der Waals surface area contributed by atoms with Crippen LogP contribution in [-0.2, 0) is 11.8 Å². The Morgan fingerprint density at radius 2 is 2.00 bits per heavy atom. The SMILES string of the molecule is CCOC(C)c1cc(C)cc2c(=O)n(C)c(Cl)cc12. The maximum Gasteiger partial charge on any atom is 0.259 e. The summed E-state index contributed by atoms with van der Waals surface area (Å²) in [5.74, 6) is 0. The molecule has 0 radical (unpaired) electrons. The first kappa shape index (κ1) is 14.1. The maximum absolute atomic E-state index is 12.3. The molecule has 0 aliphatic heterocycles. The molecule has 0 aliphatic carbocycles. The third-order valence-electron chi connectivity index (χ3n) is 3.33. The molecule has 1 atom stereocenters. The fraction of sp³-hybridized carbons (Fsp3) is 0.400. The van der Waals surface area contributed by atoms with Gasteiger partial charge in [-0.3, -0.25) is 4.79 Å². The van der Waals surface area contributed by atoms with Crippen molar-refractivity contribution in [2.24, 2.45) is 7.05 Å². The van der Waals surface area contributed by atoms with Gasteiger partial charge in [-0.2, -0.15) is 0 Å². The van der Waals surface area contributed by atoms with Gasteiger partial charge in [-0.15, -0.1) is 0 Å². The largest absolute Gasteiger partial charge is 0.374 e. The summed E-state index contributed by atoms with van der Waals surface area (Å²) < 4.78 is 7.11. The molecule has 1 heterocycles. The lowest BCUT2D eigenvalue weighted by Crippen LogP contribution is -2.18. The van der Waals surface area contributed by atoms with Gasteiger partial charge in [0.1, 0.15) is 5.15 Å². The molecule has 0 aliphatic rings. The number of halogens is 1. The highest BCUT2D eigenvalue weighted by atomic mass is 35.5. The van der Waals surface area contributed by atoms with E-state index in [4.69, 9.17) is 16.3 Å². The third kappa shape index (κ3) is 2.53. The predicted molar refractivity (Wildman–Crippen MR) is 79.0 cm³/mol. The molecule has 3 nitrogen and oxygen atoms in total. The number of hydrogen-bond donors (Lipinski definition) is 0. The lowest BCUT2D eigenvalue weighted by atomic mass is 9.99. The van der Waals surface area contributed by atoms with E-state index >= 15 is 0 Å². The summed E-state index contributed by atoms with van der Waals surface area (Å²) in [6, 6.07) is 5.79. The van der Waals surface area contributed by atoms with E-state index in [0.717, 1.165) is 16.5 Å². The van der Waals surface area contributed by atoms with Crippen molar-refractivity contribution in [1.29, 1.82) is 0 Å². The normalized spacial score (nSPS) is 12.9. The van der Waals surface area contributed by atoms with Gasteiger partial charge in [0, 0.05) is 19.0 Å². The highest BCUT2D eigenvalue weighted by Crippen LogP contribution is 2.28. The first-order chi connectivity index (χ1) is 8.95. The van der Waals surface area contributed by atoms with Crippen LogP contribution >= 0.6 is 11.6 Å². The molecule has 0 saturated heterocycles. The number of hydrogen-bond acceptors (Lipinski definition) is 2. The van der Waals surface area contributed by atoms with E-state index in [9.17, 15) is 4.79 Å². The zero-order valence-corrected chi connectivity index (χ0v) is 12.4. The van der Waals surface area contributed by atoms with Gasteiger partial charge in [-0.05, 0) is 49.4 Å². The smallest absolute Gasteiger partial charge is 0.259 e. The second kappa shape index (κ2) is 5.35. The summed E-state index contributed by atoms with van der Waals surface area (Å²) in [6.07, 6.45) is -0.0597. The first-order valence-electron chi connectivity index (χ1n) is 6.37. The second-order valence-corrected chi connectivity index (χ2v) is 5.13. The van der Waals surface area contributed by atoms with Crippen molar-refractivity contribution in [2.75, 3.05) is 6.61 Å². The highest BCUT2D eigenvalue weighted by Gasteiger charge is 2.14. The summed E-state index contributed by atoms with van der Waals surface area (Å²) >= 11 is 6.11. The van der Waals surface area contributed by atoms with Crippen molar-refractivity contribution in [1.82, 2.24) is 4.57 Å². The minimum Gasteiger partial charge on any atom is -0.374 e. The molecule has 102 valence electrons. The molecule has 0 amide bonds. The molecule has 19 heavy (non-hydrogen) atoms. The maximum atomic E-state index is 12.3. The molecule has 1 unspecified atom stereocenters. The van der Waals surface area contributed by atoms with E-state index in [1.54, 1.807) is 7.05 Å². The number of pyridine rings is 1. The molecule has 0 N–H and O–H groups in total. The van der Waals surface area contributed by atoms with E-state index in [0.29, 0.717) is 17.1 Å². The van der Waals surface area contributed by atoms with E-state index in [1.807, 2.05) is 32.9 Å². The van der Waals surface area contributed by atoms with Gasteiger partial charge in [0.05, 0.1) is 6.10 Å². The molecule has 1 aromatic heterocycles. The summed E-state index contributed by atoms with van der Waals surface area (Å²) in [4.78, 5) is 12.3. The average Bonchev–Trinajstić information content (AvgIpc) is 2.37. The fourth-order valence-corrected chi connectivity index (χ4v) is 2.52. The minimum absolute atomic E-state index is 0.0597. The molecule has 0 fully saturated rings. The summed E-state index contributed by atoms with van der Waals surface area (Å²) in [5.41, 5.74) is 1.99. The quantitative estimate of drug-likeness (QED) is 0.804. The van der Waals surface area contributed by atoms with Crippen molar-refractivity contribution >= 4 is 22.4 Å². The van der Waals surface area contributed by atoms with Crippen molar-refractivity contribution in [3.05, 3.63) is 44.8 Å². The summed E-state index contributed by atoms with van der Waals surface area (Å²) in [5, 5.41) is 2.00. The standard InChI is InChI=1S/C15H18ClNO2/c1-5-19-10(3)11-6-9(2)7-13-12(11)8-14(16)17(4)15(13)18/h6-8,10H,5H2,1-4H3. The molecular formula is C15H18ClNO2. The van der Waals surface area contributed by atoms with Crippen LogP contribution in [0, 0.1) is 6.92 Å². The summed E-state index contributed by atoms with van der Waals surface area (Å²) in [7, 11) is 1.68. The van der Waals surface area contributed by atoms with Crippen LogP contribution in [0.2, 0.25) is 5.15 Å². The van der Waals surface area contributed by atoms with Crippen molar-refractivity contribution < 1.29 is 4.74 Å². The van der Waals surface area contributed by atoms with Gasteiger partial charge < -0.3 is 9.30 Å². The lowest BCUT2D eigenvalue weighted by Gasteiger charge is -2.16. The third-order valence-corrected chi connectivity index (χ3v) is 3.69. The van der Waals surface area contributed by atoms with Crippen LogP contribution in [-0.4, -0.2) is 11.2 Å². The van der Waals surface area contributed by atoms with E-state index < -0.39 is 0 Å². The number of fused-ring (bicyclic) bond motifs is 1. The second-order valence-electron chi connectivity index (χ2n) is 4.74. The van der Waals surface area contributed by atoms with Gasteiger partial charge in [-0.1, -0.05) is 17.7 Å². The Morgan fingerprint density at radius 1 is 1.32 bits per heavy atom. The molecule has 0 saturated carbocycles. The zero-order valence-electron chi connectivity index (χ0n) is 11.7. The molecule has 2 rings (SSSR count). The Bertz CT molecular complexity index is 676. The Kier molecular flexibility index (Phi) is 3.97. The van der Waals surface area contributed by atoms with Gasteiger partial charge in [-0.25, -0.2) is 0 Å². The molecule has 0 spiro atoms. The van der Waals surface area contributed by atoms with Gasteiger partial charge in [0.15, 0.2) is 0 Å². The van der Waals surface area contributed by atoms with Crippen molar-refractivity contribution in [3.63, 3.8) is 0 Å². The Morgan fingerprint density at radius 3 is 2.63 bits per heavy atom.